The molecule has 0 amide bonds. The molecule has 1 atom stereocenters. The van der Waals surface area contributed by atoms with Crippen molar-refractivity contribution < 1.29 is 0 Å². The van der Waals surface area contributed by atoms with Crippen molar-refractivity contribution in [1.82, 2.24) is 10.3 Å². The molecule has 0 spiro atoms. The number of hydrogen-bond donors (Lipinski definition) is 1. The summed E-state index contributed by atoms with van der Waals surface area (Å²) in [6, 6.07) is 4.72. The van der Waals surface area contributed by atoms with Crippen LogP contribution in [0.4, 0.5) is 0 Å². The van der Waals surface area contributed by atoms with Crippen molar-refractivity contribution >= 4 is 0 Å². The molecule has 1 aromatic rings. The van der Waals surface area contributed by atoms with E-state index in [2.05, 4.69) is 43.2 Å². The van der Waals surface area contributed by atoms with Crippen LogP contribution < -0.4 is 5.32 Å². The second-order valence-corrected chi connectivity index (χ2v) is 5.67. The molecule has 1 aromatic heterocycles. The predicted octanol–water partition coefficient (Wildman–Crippen LogP) is 3.48. The van der Waals surface area contributed by atoms with Crippen LogP contribution in [0.2, 0.25) is 0 Å². The first-order valence-electron chi connectivity index (χ1n) is 6.02. The Labute approximate surface area is 99.5 Å². The maximum Gasteiger partial charge on any atom is 0.0375 e. The summed E-state index contributed by atoms with van der Waals surface area (Å²) in [5, 5.41) is 3.39. The quantitative estimate of drug-likeness (QED) is 0.840. The molecule has 90 valence electrons. The number of rotatable bonds is 4. The molecule has 1 heterocycles. The molecular weight excluding hydrogens is 196 g/mol. The average molecular weight is 220 g/mol. The van der Waals surface area contributed by atoms with Crippen molar-refractivity contribution in [3.05, 3.63) is 29.6 Å². The van der Waals surface area contributed by atoms with E-state index in [-0.39, 0.29) is 0 Å². The normalized spacial score (nSPS) is 13.8. The Kier molecular flexibility index (Phi) is 4.48. The van der Waals surface area contributed by atoms with Crippen LogP contribution in [0.15, 0.2) is 18.3 Å². The second kappa shape index (κ2) is 5.44. The lowest BCUT2D eigenvalue weighted by molar-refractivity contribution is 0.338. The van der Waals surface area contributed by atoms with Crippen molar-refractivity contribution in [3.63, 3.8) is 0 Å². The number of aromatic nitrogens is 1. The van der Waals surface area contributed by atoms with E-state index < -0.39 is 0 Å². The first kappa shape index (κ1) is 13.2. The number of pyridine rings is 1. The van der Waals surface area contributed by atoms with Crippen LogP contribution >= 0.6 is 0 Å². The third-order valence-electron chi connectivity index (χ3n) is 2.85. The maximum atomic E-state index is 4.24. The molecular formula is C14H24N2. The minimum absolute atomic E-state index is 0.400. The van der Waals surface area contributed by atoms with Gasteiger partial charge in [0.25, 0.3) is 0 Å². The molecule has 2 heteroatoms. The van der Waals surface area contributed by atoms with E-state index >= 15 is 0 Å². The molecule has 0 aliphatic heterocycles. The highest BCUT2D eigenvalue weighted by Crippen LogP contribution is 2.27. The molecule has 1 N–H and O–H groups in total. The van der Waals surface area contributed by atoms with E-state index in [1.165, 1.54) is 18.4 Å². The van der Waals surface area contributed by atoms with Crippen LogP contribution in [0.5, 0.6) is 0 Å². The Morgan fingerprint density at radius 3 is 2.56 bits per heavy atom. The maximum absolute atomic E-state index is 4.24. The van der Waals surface area contributed by atoms with Crippen LogP contribution in [0, 0.1) is 12.3 Å². The first-order chi connectivity index (χ1) is 7.42. The van der Waals surface area contributed by atoms with Gasteiger partial charge in [-0.05, 0) is 49.9 Å². The minimum Gasteiger partial charge on any atom is -0.313 e. The zero-order valence-corrected chi connectivity index (χ0v) is 11.2. The van der Waals surface area contributed by atoms with E-state index in [4.69, 9.17) is 0 Å². The van der Waals surface area contributed by atoms with Gasteiger partial charge in [-0.2, -0.15) is 0 Å². The Balaban J connectivity index is 2.68. The lowest BCUT2D eigenvalue weighted by Gasteiger charge is -2.23. The first-order valence-corrected chi connectivity index (χ1v) is 6.02. The second-order valence-electron chi connectivity index (χ2n) is 5.67. The van der Waals surface area contributed by atoms with Crippen molar-refractivity contribution in [2.24, 2.45) is 5.41 Å². The smallest absolute Gasteiger partial charge is 0.0375 e. The number of aryl methyl sites for hydroxylation is 1. The summed E-state index contributed by atoms with van der Waals surface area (Å²) in [4.78, 5) is 4.24. The molecule has 0 aliphatic carbocycles. The van der Waals surface area contributed by atoms with Crippen molar-refractivity contribution in [2.45, 2.75) is 46.6 Å². The van der Waals surface area contributed by atoms with Crippen molar-refractivity contribution in [2.75, 3.05) is 7.05 Å². The van der Waals surface area contributed by atoms with Gasteiger partial charge in [-0.1, -0.05) is 20.8 Å². The standard InChI is InChI=1S/C14H24N2/c1-11-10-12(7-9-16-11)13(15-5)6-8-14(2,3)4/h7,9-10,13,15H,6,8H2,1-5H3. The summed E-state index contributed by atoms with van der Waals surface area (Å²) in [7, 11) is 2.03. The summed E-state index contributed by atoms with van der Waals surface area (Å²) >= 11 is 0. The Hall–Kier alpha value is -0.890. The van der Waals surface area contributed by atoms with Gasteiger partial charge >= 0.3 is 0 Å². The van der Waals surface area contributed by atoms with Gasteiger partial charge < -0.3 is 5.32 Å². The van der Waals surface area contributed by atoms with Crippen LogP contribution in [-0.4, -0.2) is 12.0 Å². The van der Waals surface area contributed by atoms with Gasteiger partial charge in [0.2, 0.25) is 0 Å². The number of nitrogens with zero attached hydrogens (tertiary/aromatic N) is 1. The Bertz CT molecular complexity index is 326. The molecule has 0 saturated carbocycles. The van der Waals surface area contributed by atoms with Crippen LogP contribution in [-0.2, 0) is 0 Å². The van der Waals surface area contributed by atoms with Crippen LogP contribution in [0.1, 0.15) is 50.9 Å². The van der Waals surface area contributed by atoms with Gasteiger partial charge in [-0.25, -0.2) is 0 Å². The Morgan fingerprint density at radius 2 is 2.06 bits per heavy atom. The van der Waals surface area contributed by atoms with E-state index in [9.17, 15) is 0 Å². The average Bonchev–Trinajstić information content (AvgIpc) is 2.17. The third-order valence-corrected chi connectivity index (χ3v) is 2.85. The molecule has 16 heavy (non-hydrogen) atoms. The van der Waals surface area contributed by atoms with Gasteiger partial charge in [-0.3, -0.25) is 4.98 Å². The summed E-state index contributed by atoms with van der Waals surface area (Å²) < 4.78 is 0. The molecule has 1 unspecified atom stereocenters. The Morgan fingerprint density at radius 1 is 1.38 bits per heavy atom. The van der Waals surface area contributed by atoms with E-state index in [1.807, 2.05) is 20.2 Å². The van der Waals surface area contributed by atoms with Gasteiger partial charge in [0.15, 0.2) is 0 Å². The molecule has 0 saturated heterocycles. The van der Waals surface area contributed by atoms with E-state index in [1.54, 1.807) is 0 Å². The lowest BCUT2D eigenvalue weighted by atomic mass is 9.87. The summed E-state index contributed by atoms with van der Waals surface area (Å²) in [5.74, 6) is 0. The van der Waals surface area contributed by atoms with Gasteiger partial charge in [0.05, 0.1) is 0 Å². The predicted molar refractivity (Wildman–Crippen MR) is 69.5 cm³/mol. The number of hydrogen-bond acceptors (Lipinski definition) is 2. The largest absolute Gasteiger partial charge is 0.313 e. The summed E-state index contributed by atoms with van der Waals surface area (Å²) in [6.07, 6.45) is 4.29. The topological polar surface area (TPSA) is 24.9 Å². The summed E-state index contributed by atoms with van der Waals surface area (Å²) in [5.41, 5.74) is 2.84. The zero-order chi connectivity index (χ0) is 12.2. The molecule has 0 aromatic carbocycles. The fourth-order valence-electron chi connectivity index (χ4n) is 1.84. The number of nitrogens with one attached hydrogen (secondary N) is 1. The molecule has 0 radical (unpaired) electrons. The fourth-order valence-corrected chi connectivity index (χ4v) is 1.84. The molecule has 0 aliphatic rings. The third kappa shape index (κ3) is 4.31. The zero-order valence-electron chi connectivity index (χ0n) is 11.2. The van der Waals surface area contributed by atoms with Gasteiger partial charge in [-0.15, -0.1) is 0 Å². The molecule has 0 fully saturated rings. The SMILES string of the molecule is CNC(CCC(C)(C)C)c1ccnc(C)c1. The van der Waals surface area contributed by atoms with Gasteiger partial charge in [0, 0.05) is 17.9 Å². The monoisotopic (exact) mass is 220 g/mol. The fraction of sp³-hybridized carbons (Fsp3) is 0.643. The van der Waals surface area contributed by atoms with E-state index in [0.29, 0.717) is 11.5 Å². The van der Waals surface area contributed by atoms with Crippen molar-refractivity contribution in [1.29, 1.82) is 0 Å². The lowest BCUT2D eigenvalue weighted by Crippen LogP contribution is -2.19. The molecule has 1 rings (SSSR count). The van der Waals surface area contributed by atoms with Crippen LogP contribution in [0.3, 0.4) is 0 Å². The minimum atomic E-state index is 0.400. The molecule has 0 bridgehead atoms. The highest BCUT2D eigenvalue weighted by Gasteiger charge is 2.15. The van der Waals surface area contributed by atoms with Crippen LogP contribution in [0.25, 0.3) is 0 Å². The summed E-state index contributed by atoms with van der Waals surface area (Å²) in [6.45, 7) is 8.91. The highest BCUT2D eigenvalue weighted by atomic mass is 14.9. The van der Waals surface area contributed by atoms with Gasteiger partial charge in [0.1, 0.15) is 0 Å². The van der Waals surface area contributed by atoms with Crippen molar-refractivity contribution in [3.8, 4) is 0 Å². The molecule has 2 nitrogen and oxygen atoms in total. The van der Waals surface area contributed by atoms with E-state index in [0.717, 1.165) is 5.69 Å². The highest BCUT2D eigenvalue weighted by molar-refractivity contribution is 5.19.